The van der Waals surface area contributed by atoms with Crippen molar-refractivity contribution in [1.29, 1.82) is 0 Å². The van der Waals surface area contributed by atoms with Gasteiger partial charge in [-0.05, 0) is 49.3 Å². The zero-order valence-corrected chi connectivity index (χ0v) is 12.9. The summed E-state index contributed by atoms with van der Waals surface area (Å²) in [5.74, 6) is 0. The van der Waals surface area contributed by atoms with Crippen LogP contribution in [0.15, 0.2) is 18.2 Å². The van der Waals surface area contributed by atoms with Gasteiger partial charge in [-0.1, -0.05) is 31.5 Å². The van der Waals surface area contributed by atoms with E-state index in [2.05, 4.69) is 18.7 Å². The third-order valence-electron chi connectivity index (χ3n) is 4.13. The van der Waals surface area contributed by atoms with E-state index in [1.165, 1.54) is 19.3 Å². The summed E-state index contributed by atoms with van der Waals surface area (Å²) in [6.07, 6.45) is 3.21. The van der Waals surface area contributed by atoms with Crippen LogP contribution in [-0.2, 0) is 0 Å². The van der Waals surface area contributed by atoms with Gasteiger partial charge in [0.25, 0.3) is 0 Å². The minimum absolute atomic E-state index is 0.431. The van der Waals surface area contributed by atoms with Crippen molar-refractivity contribution in [3.63, 3.8) is 0 Å². The molecule has 0 spiro atoms. The van der Waals surface area contributed by atoms with E-state index in [4.69, 9.17) is 11.6 Å². The van der Waals surface area contributed by atoms with E-state index < -0.39 is 6.10 Å². The predicted molar refractivity (Wildman–Crippen MR) is 81.9 cm³/mol. The fourth-order valence-electron chi connectivity index (χ4n) is 2.70. The second kappa shape index (κ2) is 5.72. The fraction of sp³-hybridized carbons (Fsp3) is 0.625. The van der Waals surface area contributed by atoms with E-state index in [1.807, 2.05) is 18.2 Å². The minimum atomic E-state index is -0.463. The normalized spacial score (nSPS) is 21.0. The first kappa shape index (κ1) is 14.7. The number of nitrogens with zero attached hydrogens (tertiary/aromatic N) is 1. The number of aliphatic hydroxyl groups is 1. The number of hydrogen-bond acceptors (Lipinski definition) is 2. The Morgan fingerprint density at radius 1 is 1.26 bits per heavy atom. The van der Waals surface area contributed by atoms with E-state index in [0.29, 0.717) is 5.41 Å². The first-order valence-corrected chi connectivity index (χ1v) is 7.49. The molecule has 0 radical (unpaired) electrons. The van der Waals surface area contributed by atoms with Gasteiger partial charge in [-0.2, -0.15) is 0 Å². The van der Waals surface area contributed by atoms with Gasteiger partial charge in [0.2, 0.25) is 0 Å². The SMILES string of the molecule is C[C@H](O)c1ccc(N2CCCC(C)(C)CC2)c(Cl)c1. The molecule has 0 aromatic heterocycles. The number of benzene rings is 1. The van der Waals surface area contributed by atoms with Crippen molar-refractivity contribution in [2.75, 3.05) is 18.0 Å². The van der Waals surface area contributed by atoms with Gasteiger partial charge in [-0.25, -0.2) is 0 Å². The molecule has 1 fully saturated rings. The Bertz CT molecular complexity index is 442. The molecule has 1 aromatic carbocycles. The highest BCUT2D eigenvalue weighted by Crippen LogP contribution is 2.35. The lowest BCUT2D eigenvalue weighted by atomic mass is 9.85. The molecule has 19 heavy (non-hydrogen) atoms. The quantitative estimate of drug-likeness (QED) is 0.868. The van der Waals surface area contributed by atoms with Crippen molar-refractivity contribution in [2.45, 2.75) is 46.1 Å². The molecule has 1 saturated heterocycles. The molecular formula is C16H24ClNO. The molecule has 3 heteroatoms. The van der Waals surface area contributed by atoms with Crippen LogP contribution < -0.4 is 4.90 Å². The molecule has 1 aromatic rings. The Morgan fingerprint density at radius 2 is 2.00 bits per heavy atom. The van der Waals surface area contributed by atoms with Crippen molar-refractivity contribution < 1.29 is 5.11 Å². The molecule has 0 aliphatic carbocycles. The van der Waals surface area contributed by atoms with Gasteiger partial charge >= 0.3 is 0 Å². The summed E-state index contributed by atoms with van der Waals surface area (Å²) >= 11 is 6.38. The lowest BCUT2D eigenvalue weighted by molar-refractivity contribution is 0.199. The summed E-state index contributed by atoms with van der Waals surface area (Å²) < 4.78 is 0. The second-order valence-electron chi connectivity index (χ2n) is 6.39. The topological polar surface area (TPSA) is 23.5 Å². The maximum absolute atomic E-state index is 9.59. The molecule has 1 N–H and O–H groups in total. The van der Waals surface area contributed by atoms with Crippen LogP contribution in [0.5, 0.6) is 0 Å². The van der Waals surface area contributed by atoms with Crippen molar-refractivity contribution >= 4 is 17.3 Å². The summed E-state index contributed by atoms with van der Waals surface area (Å²) in [5.41, 5.74) is 2.41. The van der Waals surface area contributed by atoms with E-state index in [0.717, 1.165) is 29.4 Å². The molecule has 0 unspecified atom stereocenters. The molecule has 0 saturated carbocycles. The lowest BCUT2D eigenvalue weighted by Gasteiger charge is -2.26. The van der Waals surface area contributed by atoms with E-state index in [9.17, 15) is 5.11 Å². The van der Waals surface area contributed by atoms with E-state index in [1.54, 1.807) is 6.92 Å². The third-order valence-corrected chi connectivity index (χ3v) is 4.44. The maximum atomic E-state index is 9.59. The van der Waals surface area contributed by atoms with Crippen LogP contribution >= 0.6 is 11.6 Å². The van der Waals surface area contributed by atoms with Gasteiger partial charge in [0.15, 0.2) is 0 Å². The van der Waals surface area contributed by atoms with Gasteiger partial charge in [0.05, 0.1) is 16.8 Å². The fourth-order valence-corrected chi connectivity index (χ4v) is 3.01. The predicted octanol–water partition coefficient (Wildman–Crippen LogP) is 4.41. The number of hydrogen-bond donors (Lipinski definition) is 1. The smallest absolute Gasteiger partial charge is 0.0762 e. The molecule has 1 heterocycles. The average Bonchev–Trinajstić information content (AvgIpc) is 2.50. The summed E-state index contributed by atoms with van der Waals surface area (Å²) in [6, 6.07) is 5.90. The number of rotatable bonds is 2. The van der Waals surface area contributed by atoms with Crippen molar-refractivity contribution in [3.8, 4) is 0 Å². The molecule has 1 aliphatic rings. The first-order chi connectivity index (χ1) is 8.89. The minimum Gasteiger partial charge on any atom is -0.389 e. The van der Waals surface area contributed by atoms with Gasteiger partial charge in [0.1, 0.15) is 0 Å². The Morgan fingerprint density at radius 3 is 2.63 bits per heavy atom. The van der Waals surface area contributed by atoms with Crippen LogP contribution in [0.3, 0.4) is 0 Å². The Kier molecular flexibility index (Phi) is 4.42. The van der Waals surface area contributed by atoms with Gasteiger partial charge in [0, 0.05) is 13.1 Å². The largest absolute Gasteiger partial charge is 0.389 e. The second-order valence-corrected chi connectivity index (χ2v) is 6.80. The summed E-state index contributed by atoms with van der Waals surface area (Å²) in [5, 5.41) is 10.3. The number of halogens is 1. The Balaban J connectivity index is 2.18. The zero-order valence-electron chi connectivity index (χ0n) is 12.1. The number of anilines is 1. The highest BCUT2D eigenvalue weighted by Gasteiger charge is 2.24. The summed E-state index contributed by atoms with van der Waals surface area (Å²) in [6.45, 7) is 8.57. The molecule has 2 rings (SSSR count). The van der Waals surface area contributed by atoms with Crippen LogP contribution in [0.25, 0.3) is 0 Å². The Hall–Kier alpha value is -0.730. The molecule has 0 bridgehead atoms. The monoisotopic (exact) mass is 281 g/mol. The average molecular weight is 282 g/mol. The first-order valence-electron chi connectivity index (χ1n) is 7.11. The third kappa shape index (κ3) is 3.64. The zero-order chi connectivity index (χ0) is 14.0. The molecule has 1 atom stereocenters. The molecular weight excluding hydrogens is 258 g/mol. The lowest BCUT2D eigenvalue weighted by Crippen LogP contribution is -2.25. The van der Waals surface area contributed by atoms with Crippen molar-refractivity contribution in [3.05, 3.63) is 28.8 Å². The van der Waals surface area contributed by atoms with E-state index in [-0.39, 0.29) is 0 Å². The number of aliphatic hydroxyl groups excluding tert-OH is 1. The van der Waals surface area contributed by atoms with Crippen LogP contribution in [0.4, 0.5) is 5.69 Å². The molecule has 1 aliphatic heterocycles. The highest BCUT2D eigenvalue weighted by atomic mass is 35.5. The summed E-state index contributed by atoms with van der Waals surface area (Å²) in [4.78, 5) is 2.38. The standard InChI is InChI=1S/C16H24ClNO/c1-12(19)13-5-6-15(14(17)11-13)18-9-4-7-16(2,3)8-10-18/h5-6,11-12,19H,4,7-10H2,1-3H3/t12-/m0/s1. The highest BCUT2D eigenvalue weighted by molar-refractivity contribution is 6.33. The summed E-state index contributed by atoms with van der Waals surface area (Å²) in [7, 11) is 0. The van der Waals surface area contributed by atoms with Gasteiger partial charge in [-0.3, -0.25) is 0 Å². The van der Waals surface area contributed by atoms with Crippen LogP contribution in [0, 0.1) is 5.41 Å². The van der Waals surface area contributed by atoms with E-state index >= 15 is 0 Å². The molecule has 0 amide bonds. The van der Waals surface area contributed by atoms with Crippen molar-refractivity contribution in [1.82, 2.24) is 0 Å². The van der Waals surface area contributed by atoms with Crippen molar-refractivity contribution in [2.24, 2.45) is 5.41 Å². The van der Waals surface area contributed by atoms with Crippen LogP contribution in [0.1, 0.15) is 51.7 Å². The van der Waals surface area contributed by atoms with Crippen LogP contribution in [0.2, 0.25) is 5.02 Å². The maximum Gasteiger partial charge on any atom is 0.0762 e. The van der Waals surface area contributed by atoms with Gasteiger partial charge in [-0.15, -0.1) is 0 Å². The van der Waals surface area contributed by atoms with Crippen LogP contribution in [-0.4, -0.2) is 18.2 Å². The molecule has 2 nitrogen and oxygen atoms in total. The molecule has 106 valence electrons. The Labute approximate surface area is 121 Å². The van der Waals surface area contributed by atoms with Gasteiger partial charge < -0.3 is 10.0 Å².